The number of nitriles is 1. The summed E-state index contributed by atoms with van der Waals surface area (Å²) in [6.45, 7) is 0.494. The lowest BCUT2D eigenvalue weighted by Crippen LogP contribution is -2.34. The van der Waals surface area contributed by atoms with E-state index in [0.29, 0.717) is 30.3 Å². The first-order valence-corrected chi connectivity index (χ1v) is 5.76. The van der Waals surface area contributed by atoms with Crippen molar-refractivity contribution in [2.24, 2.45) is 0 Å². The summed E-state index contributed by atoms with van der Waals surface area (Å²) >= 11 is 0. The van der Waals surface area contributed by atoms with Crippen LogP contribution in [0.4, 0.5) is 5.69 Å². The second-order valence-corrected chi connectivity index (χ2v) is 4.23. The Morgan fingerprint density at radius 1 is 1.47 bits per heavy atom. The van der Waals surface area contributed by atoms with Crippen molar-refractivity contribution in [1.29, 1.82) is 5.26 Å². The highest BCUT2D eigenvalue weighted by Gasteiger charge is 2.33. The molecule has 0 atom stereocenters. The fourth-order valence-electron chi connectivity index (χ4n) is 1.85. The van der Waals surface area contributed by atoms with E-state index in [-0.39, 0.29) is 5.91 Å². The summed E-state index contributed by atoms with van der Waals surface area (Å²) in [5.74, 6) is -0.0548. The first kappa shape index (κ1) is 11.5. The summed E-state index contributed by atoms with van der Waals surface area (Å²) in [4.78, 5) is 14.1. The smallest absolute Gasteiger partial charge is 0.256 e. The molecule has 0 saturated heterocycles. The minimum Gasteiger partial charge on any atom is -0.398 e. The van der Waals surface area contributed by atoms with Crippen LogP contribution in [0, 0.1) is 11.3 Å². The molecule has 1 fully saturated rings. The van der Waals surface area contributed by atoms with Crippen LogP contribution in [0.15, 0.2) is 24.3 Å². The van der Waals surface area contributed by atoms with Crippen LogP contribution < -0.4 is 5.73 Å². The van der Waals surface area contributed by atoms with Crippen LogP contribution in [0.3, 0.4) is 0 Å². The number of rotatable bonds is 4. The summed E-state index contributed by atoms with van der Waals surface area (Å²) in [6.07, 6.45) is 2.43. The molecule has 0 aromatic heterocycles. The monoisotopic (exact) mass is 229 g/mol. The molecule has 4 heteroatoms. The van der Waals surface area contributed by atoms with E-state index < -0.39 is 0 Å². The molecule has 2 N–H and O–H groups in total. The molecule has 1 aromatic rings. The van der Waals surface area contributed by atoms with Gasteiger partial charge in [-0.15, -0.1) is 0 Å². The van der Waals surface area contributed by atoms with Crippen molar-refractivity contribution < 1.29 is 4.79 Å². The lowest BCUT2D eigenvalue weighted by molar-refractivity contribution is 0.0748. The number of hydrogen-bond donors (Lipinski definition) is 1. The number of hydrogen-bond acceptors (Lipinski definition) is 3. The fourth-order valence-corrected chi connectivity index (χ4v) is 1.85. The Balaban J connectivity index is 2.16. The Morgan fingerprint density at radius 2 is 2.18 bits per heavy atom. The van der Waals surface area contributed by atoms with Crippen LogP contribution >= 0.6 is 0 Å². The van der Waals surface area contributed by atoms with Gasteiger partial charge in [-0.2, -0.15) is 5.26 Å². The Morgan fingerprint density at radius 3 is 2.76 bits per heavy atom. The minimum absolute atomic E-state index is 0.0548. The third-order valence-electron chi connectivity index (χ3n) is 2.90. The molecule has 1 aromatic carbocycles. The standard InChI is InChI=1S/C13H15N3O/c14-8-3-9-16(10-6-7-10)13(17)11-4-1-2-5-12(11)15/h1-2,4-5,10H,3,6-7,9,15H2. The molecule has 0 unspecified atom stereocenters. The largest absolute Gasteiger partial charge is 0.398 e. The van der Waals surface area contributed by atoms with Crippen molar-refractivity contribution in [1.82, 2.24) is 4.90 Å². The van der Waals surface area contributed by atoms with E-state index in [2.05, 4.69) is 6.07 Å². The van der Waals surface area contributed by atoms with Gasteiger partial charge in [0.25, 0.3) is 5.91 Å². The molecule has 1 aliphatic carbocycles. The lowest BCUT2D eigenvalue weighted by atomic mass is 10.1. The molecule has 4 nitrogen and oxygen atoms in total. The number of nitrogen functional groups attached to an aromatic ring is 1. The molecule has 0 radical (unpaired) electrons. The SMILES string of the molecule is N#CCCN(C(=O)c1ccccc1N)C1CC1. The number of para-hydroxylation sites is 1. The van der Waals surface area contributed by atoms with Crippen LogP contribution in [0.5, 0.6) is 0 Å². The molecule has 0 heterocycles. The molecule has 0 aliphatic heterocycles. The molecule has 0 bridgehead atoms. The highest BCUT2D eigenvalue weighted by molar-refractivity contribution is 5.99. The summed E-state index contributed by atoms with van der Waals surface area (Å²) in [7, 11) is 0. The maximum Gasteiger partial charge on any atom is 0.256 e. The van der Waals surface area contributed by atoms with E-state index in [1.54, 1.807) is 23.1 Å². The highest BCUT2D eigenvalue weighted by atomic mass is 16.2. The van der Waals surface area contributed by atoms with Gasteiger partial charge in [-0.3, -0.25) is 4.79 Å². The molecular weight excluding hydrogens is 214 g/mol. The van der Waals surface area contributed by atoms with Gasteiger partial charge >= 0.3 is 0 Å². The number of benzene rings is 1. The summed E-state index contributed by atoms with van der Waals surface area (Å²) in [5, 5.41) is 8.61. The summed E-state index contributed by atoms with van der Waals surface area (Å²) < 4.78 is 0. The molecule has 1 saturated carbocycles. The second kappa shape index (κ2) is 4.88. The predicted octanol–water partition coefficient (Wildman–Crippen LogP) is 1.79. The number of carbonyl (C=O) groups excluding carboxylic acids is 1. The van der Waals surface area contributed by atoms with Crippen molar-refractivity contribution in [2.45, 2.75) is 25.3 Å². The van der Waals surface area contributed by atoms with Crippen molar-refractivity contribution in [3.63, 3.8) is 0 Å². The summed E-state index contributed by atoms with van der Waals surface area (Å²) in [6, 6.07) is 9.45. The Hall–Kier alpha value is -2.02. The van der Waals surface area contributed by atoms with E-state index in [0.717, 1.165) is 12.8 Å². The predicted molar refractivity (Wildman–Crippen MR) is 65.1 cm³/mol. The molecule has 0 spiro atoms. The third-order valence-corrected chi connectivity index (χ3v) is 2.90. The van der Waals surface area contributed by atoms with Gasteiger partial charge in [0.2, 0.25) is 0 Å². The van der Waals surface area contributed by atoms with Gasteiger partial charge in [-0.05, 0) is 25.0 Å². The maximum atomic E-state index is 12.3. The fraction of sp³-hybridized carbons (Fsp3) is 0.385. The van der Waals surface area contributed by atoms with Gasteiger partial charge in [-0.1, -0.05) is 12.1 Å². The first-order chi connectivity index (χ1) is 8.24. The first-order valence-electron chi connectivity index (χ1n) is 5.76. The number of amides is 1. The lowest BCUT2D eigenvalue weighted by Gasteiger charge is -2.21. The maximum absolute atomic E-state index is 12.3. The van der Waals surface area contributed by atoms with Gasteiger partial charge in [0, 0.05) is 18.3 Å². The van der Waals surface area contributed by atoms with Crippen molar-refractivity contribution >= 4 is 11.6 Å². The number of nitrogens with two attached hydrogens (primary N) is 1. The Bertz CT molecular complexity index is 460. The van der Waals surface area contributed by atoms with Crippen molar-refractivity contribution in [3.8, 4) is 6.07 Å². The normalized spacial score (nSPS) is 14.1. The molecule has 2 rings (SSSR count). The molecule has 1 amide bonds. The van der Waals surface area contributed by atoms with Gasteiger partial charge in [0.05, 0.1) is 18.1 Å². The van der Waals surface area contributed by atoms with Crippen molar-refractivity contribution in [2.75, 3.05) is 12.3 Å². The zero-order valence-corrected chi connectivity index (χ0v) is 9.60. The van der Waals surface area contributed by atoms with E-state index in [4.69, 9.17) is 11.0 Å². The number of anilines is 1. The zero-order valence-electron chi connectivity index (χ0n) is 9.60. The molecule has 1 aliphatic rings. The van der Waals surface area contributed by atoms with Gasteiger partial charge < -0.3 is 10.6 Å². The topological polar surface area (TPSA) is 70.1 Å². The third kappa shape index (κ3) is 2.56. The second-order valence-electron chi connectivity index (χ2n) is 4.23. The number of nitrogens with zero attached hydrogens (tertiary/aromatic N) is 2. The number of carbonyl (C=O) groups is 1. The quantitative estimate of drug-likeness (QED) is 0.800. The zero-order chi connectivity index (χ0) is 12.3. The van der Waals surface area contributed by atoms with E-state index >= 15 is 0 Å². The van der Waals surface area contributed by atoms with Crippen LogP contribution in [0.1, 0.15) is 29.6 Å². The van der Waals surface area contributed by atoms with Gasteiger partial charge in [0.15, 0.2) is 0 Å². The minimum atomic E-state index is -0.0548. The summed E-state index contributed by atoms with van der Waals surface area (Å²) in [5.41, 5.74) is 6.84. The van der Waals surface area contributed by atoms with Crippen LogP contribution in [-0.4, -0.2) is 23.4 Å². The highest BCUT2D eigenvalue weighted by Crippen LogP contribution is 2.29. The van der Waals surface area contributed by atoms with Crippen LogP contribution in [-0.2, 0) is 0 Å². The van der Waals surface area contributed by atoms with Gasteiger partial charge in [-0.25, -0.2) is 0 Å². The van der Waals surface area contributed by atoms with E-state index in [1.807, 2.05) is 6.07 Å². The van der Waals surface area contributed by atoms with E-state index in [9.17, 15) is 4.79 Å². The Labute approximate surface area is 101 Å². The molecule has 17 heavy (non-hydrogen) atoms. The van der Waals surface area contributed by atoms with Crippen molar-refractivity contribution in [3.05, 3.63) is 29.8 Å². The van der Waals surface area contributed by atoms with Crippen LogP contribution in [0.2, 0.25) is 0 Å². The van der Waals surface area contributed by atoms with Crippen LogP contribution in [0.25, 0.3) is 0 Å². The average Bonchev–Trinajstić information content (AvgIpc) is 3.14. The Kier molecular flexibility index (Phi) is 3.29. The molecular formula is C13H15N3O. The molecule has 88 valence electrons. The van der Waals surface area contributed by atoms with Gasteiger partial charge in [0.1, 0.15) is 0 Å². The van der Waals surface area contributed by atoms with E-state index in [1.165, 1.54) is 0 Å². The average molecular weight is 229 g/mol.